The zero-order valence-corrected chi connectivity index (χ0v) is 10.6. The van der Waals surface area contributed by atoms with Crippen LogP contribution in [0.4, 0.5) is 5.69 Å². The lowest BCUT2D eigenvalue weighted by Crippen LogP contribution is -2.31. The Balaban J connectivity index is 2.76. The normalized spacial score (nSPS) is 10.4. The van der Waals surface area contributed by atoms with Crippen molar-refractivity contribution in [2.75, 3.05) is 32.9 Å². The monoisotopic (exact) mass is 250 g/mol. The van der Waals surface area contributed by atoms with Crippen LogP contribution < -0.4 is 16.8 Å². The minimum absolute atomic E-state index is 0.229. The summed E-state index contributed by atoms with van der Waals surface area (Å²) in [6.45, 7) is 1.25. The summed E-state index contributed by atoms with van der Waals surface area (Å²) < 4.78 is 0. The SMILES string of the molecule is CN(C)CCNC(=O)c1cc(N)cc(C(N)=O)c1. The Kier molecular flexibility index (Phi) is 4.67. The molecule has 1 aromatic carbocycles. The summed E-state index contributed by atoms with van der Waals surface area (Å²) in [6, 6.07) is 4.39. The number of hydrogen-bond donors (Lipinski definition) is 3. The fraction of sp³-hybridized carbons (Fsp3) is 0.333. The van der Waals surface area contributed by atoms with Crippen LogP contribution in [0.3, 0.4) is 0 Å². The van der Waals surface area contributed by atoms with Crippen LogP contribution in [0.15, 0.2) is 18.2 Å². The first-order valence-electron chi connectivity index (χ1n) is 5.53. The van der Waals surface area contributed by atoms with E-state index < -0.39 is 5.91 Å². The topological polar surface area (TPSA) is 101 Å². The highest BCUT2D eigenvalue weighted by Gasteiger charge is 2.10. The van der Waals surface area contributed by atoms with Crippen LogP contribution in [0.1, 0.15) is 20.7 Å². The Morgan fingerprint density at radius 3 is 2.39 bits per heavy atom. The molecule has 0 aliphatic heterocycles. The van der Waals surface area contributed by atoms with Crippen molar-refractivity contribution < 1.29 is 9.59 Å². The minimum Gasteiger partial charge on any atom is -0.399 e. The van der Waals surface area contributed by atoms with Crippen LogP contribution in [0.2, 0.25) is 0 Å². The van der Waals surface area contributed by atoms with E-state index in [9.17, 15) is 9.59 Å². The van der Waals surface area contributed by atoms with E-state index in [-0.39, 0.29) is 11.5 Å². The highest BCUT2D eigenvalue weighted by Crippen LogP contribution is 2.11. The maximum Gasteiger partial charge on any atom is 0.251 e. The lowest BCUT2D eigenvalue weighted by atomic mass is 10.1. The zero-order valence-electron chi connectivity index (χ0n) is 10.6. The van der Waals surface area contributed by atoms with Gasteiger partial charge >= 0.3 is 0 Å². The van der Waals surface area contributed by atoms with Gasteiger partial charge in [0, 0.05) is 29.9 Å². The van der Waals surface area contributed by atoms with Gasteiger partial charge in [-0.15, -0.1) is 0 Å². The van der Waals surface area contributed by atoms with Crippen molar-refractivity contribution in [1.29, 1.82) is 0 Å². The van der Waals surface area contributed by atoms with Gasteiger partial charge in [-0.3, -0.25) is 9.59 Å². The predicted molar refractivity (Wildman–Crippen MR) is 70.3 cm³/mol. The second-order valence-electron chi connectivity index (χ2n) is 4.27. The van der Waals surface area contributed by atoms with E-state index in [1.54, 1.807) is 0 Å². The van der Waals surface area contributed by atoms with E-state index in [0.29, 0.717) is 17.8 Å². The standard InChI is InChI=1S/C12H18N4O2/c1-16(2)4-3-15-12(18)9-5-8(11(14)17)6-10(13)7-9/h5-7H,3-4,13H2,1-2H3,(H2,14,17)(H,15,18). The number of nitrogen functional groups attached to an aromatic ring is 1. The molecule has 0 atom stereocenters. The van der Waals surface area contributed by atoms with Gasteiger partial charge in [-0.2, -0.15) is 0 Å². The molecule has 18 heavy (non-hydrogen) atoms. The van der Waals surface area contributed by atoms with Gasteiger partial charge in [0.05, 0.1) is 0 Å². The number of nitrogens with zero attached hydrogens (tertiary/aromatic N) is 1. The Morgan fingerprint density at radius 1 is 1.22 bits per heavy atom. The number of nitrogens with two attached hydrogens (primary N) is 2. The first-order chi connectivity index (χ1) is 8.40. The fourth-order valence-electron chi connectivity index (χ4n) is 1.42. The average molecular weight is 250 g/mol. The summed E-state index contributed by atoms with van der Waals surface area (Å²) in [6.07, 6.45) is 0. The van der Waals surface area contributed by atoms with E-state index in [0.717, 1.165) is 6.54 Å². The largest absolute Gasteiger partial charge is 0.399 e. The summed E-state index contributed by atoms with van der Waals surface area (Å²) >= 11 is 0. The number of nitrogens with one attached hydrogen (secondary N) is 1. The van der Waals surface area contributed by atoms with Crippen molar-refractivity contribution in [3.8, 4) is 0 Å². The first kappa shape index (κ1) is 14.0. The smallest absolute Gasteiger partial charge is 0.251 e. The fourth-order valence-corrected chi connectivity index (χ4v) is 1.42. The number of amides is 2. The molecule has 0 saturated carbocycles. The van der Waals surface area contributed by atoms with Crippen molar-refractivity contribution in [3.63, 3.8) is 0 Å². The predicted octanol–water partition coefficient (Wildman–Crippen LogP) is -0.341. The Morgan fingerprint density at radius 2 is 1.83 bits per heavy atom. The van der Waals surface area contributed by atoms with Crippen LogP contribution in [0, 0.1) is 0 Å². The Hall–Kier alpha value is -2.08. The molecule has 1 rings (SSSR count). The van der Waals surface area contributed by atoms with Crippen molar-refractivity contribution in [2.45, 2.75) is 0 Å². The van der Waals surface area contributed by atoms with Crippen LogP contribution in [0.5, 0.6) is 0 Å². The third-order valence-corrected chi connectivity index (χ3v) is 2.35. The molecule has 6 heteroatoms. The maximum absolute atomic E-state index is 11.8. The van der Waals surface area contributed by atoms with Gasteiger partial charge < -0.3 is 21.7 Å². The molecule has 0 fully saturated rings. The quantitative estimate of drug-likeness (QED) is 0.622. The molecule has 0 spiro atoms. The summed E-state index contributed by atoms with van der Waals surface area (Å²) in [5, 5.41) is 2.74. The molecule has 0 aliphatic rings. The van der Waals surface area contributed by atoms with Crippen molar-refractivity contribution >= 4 is 17.5 Å². The van der Waals surface area contributed by atoms with Gasteiger partial charge in [0.15, 0.2) is 0 Å². The lowest BCUT2D eigenvalue weighted by molar-refractivity contribution is 0.0951. The van der Waals surface area contributed by atoms with Crippen LogP contribution >= 0.6 is 0 Å². The molecule has 0 bridgehead atoms. The Labute approximate surface area is 106 Å². The number of carbonyl (C=O) groups excluding carboxylic acids is 2. The minimum atomic E-state index is -0.607. The second-order valence-corrected chi connectivity index (χ2v) is 4.27. The van der Waals surface area contributed by atoms with Crippen LogP contribution in [-0.2, 0) is 0 Å². The number of primary amides is 1. The van der Waals surface area contributed by atoms with Crippen molar-refractivity contribution in [1.82, 2.24) is 10.2 Å². The number of hydrogen-bond acceptors (Lipinski definition) is 4. The number of likely N-dealkylation sites (N-methyl/N-ethyl adjacent to an activating group) is 1. The van der Waals surface area contributed by atoms with E-state index >= 15 is 0 Å². The average Bonchev–Trinajstić information content (AvgIpc) is 2.27. The molecule has 2 amide bonds. The van der Waals surface area contributed by atoms with Crippen molar-refractivity contribution in [2.24, 2.45) is 5.73 Å². The third-order valence-electron chi connectivity index (χ3n) is 2.35. The van der Waals surface area contributed by atoms with Gasteiger partial charge in [-0.05, 0) is 32.3 Å². The molecule has 6 nitrogen and oxygen atoms in total. The Bertz CT molecular complexity index is 457. The van der Waals surface area contributed by atoms with Gasteiger partial charge in [-0.1, -0.05) is 0 Å². The summed E-state index contributed by atoms with van der Waals surface area (Å²) in [5.41, 5.74) is 11.7. The van der Waals surface area contributed by atoms with Gasteiger partial charge in [0.1, 0.15) is 0 Å². The first-order valence-corrected chi connectivity index (χ1v) is 5.53. The van der Waals surface area contributed by atoms with E-state index in [1.807, 2.05) is 19.0 Å². The maximum atomic E-state index is 11.8. The van der Waals surface area contributed by atoms with E-state index in [1.165, 1.54) is 18.2 Å². The molecule has 98 valence electrons. The molecule has 5 N–H and O–H groups in total. The molecule has 0 aliphatic carbocycles. The molecule has 0 aromatic heterocycles. The van der Waals surface area contributed by atoms with Crippen molar-refractivity contribution in [3.05, 3.63) is 29.3 Å². The number of anilines is 1. The van der Waals surface area contributed by atoms with Gasteiger partial charge in [-0.25, -0.2) is 0 Å². The molecular formula is C12H18N4O2. The van der Waals surface area contributed by atoms with E-state index in [2.05, 4.69) is 5.32 Å². The van der Waals surface area contributed by atoms with Gasteiger partial charge in [0.25, 0.3) is 5.91 Å². The zero-order chi connectivity index (χ0) is 13.7. The number of rotatable bonds is 5. The summed E-state index contributed by atoms with van der Waals surface area (Å²) in [7, 11) is 3.83. The van der Waals surface area contributed by atoms with E-state index in [4.69, 9.17) is 11.5 Å². The highest BCUT2D eigenvalue weighted by molar-refractivity contribution is 6.00. The van der Waals surface area contributed by atoms with Crippen LogP contribution in [-0.4, -0.2) is 43.9 Å². The third kappa shape index (κ3) is 4.06. The molecule has 0 unspecified atom stereocenters. The molecule has 0 heterocycles. The molecule has 1 aromatic rings. The highest BCUT2D eigenvalue weighted by atomic mass is 16.2. The summed E-state index contributed by atoms with van der Waals surface area (Å²) in [5.74, 6) is -0.878. The second kappa shape index (κ2) is 6.02. The lowest BCUT2D eigenvalue weighted by Gasteiger charge is -2.11. The number of benzene rings is 1. The molecule has 0 radical (unpaired) electrons. The molecule has 0 saturated heterocycles. The summed E-state index contributed by atoms with van der Waals surface area (Å²) in [4.78, 5) is 24.8. The number of carbonyl (C=O) groups is 2. The van der Waals surface area contributed by atoms with Gasteiger partial charge in [0.2, 0.25) is 5.91 Å². The van der Waals surface area contributed by atoms with Crippen LogP contribution in [0.25, 0.3) is 0 Å². The molecular weight excluding hydrogens is 232 g/mol.